The van der Waals surface area contributed by atoms with Crippen LogP contribution in [0.4, 0.5) is 5.82 Å². The van der Waals surface area contributed by atoms with Crippen LogP contribution in [0, 0.1) is 5.92 Å². The number of aromatic nitrogens is 3. The van der Waals surface area contributed by atoms with Crippen LogP contribution >= 0.6 is 0 Å². The Morgan fingerprint density at radius 2 is 2.04 bits per heavy atom. The summed E-state index contributed by atoms with van der Waals surface area (Å²) in [6.45, 7) is 1.92. The summed E-state index contributed by atoms with van der Waals surface area (Å²) in [5.41, 5.74) is 1.05. The molecule has 23 heavy (non-hydrogen) atoms. The van der Waals surface area contributed by atoms with Gasteiger partial charge < -0.3 is 10.2 Å². The van der Waals surface area contributed by atoms with E-state index < -0.39 is 0 Å². The van der Waals surface area contributed by atoms with Crippen molar-refractivity contribution in [1.29, 1.82) is 0 Å². The van der Waals surface area contributed by atoms with E-state index in [1.807, 2.05) is 16.8 Å². The first-order chi connectivity index (χ1) is 11.3. The molecule has 1 saturated heterocycles. The molecule has 2 fully saturated rings. The number of fused-ring (bicyclic) bond motifs is 1. The van der Waals surface area contributed by atoms with Crippen molar-refractivity contribution in [3.05, 3.63) is 24.7 Å². The van der Waals surface area contributed by atoms with Gasteiger partial charge in [0.15, 0.2) is 5.82 Å². The maximum absolute atomic E-state index is 12.1. The quantitative estimate of drug-likeness (QED) is 0.938. The molecule has 0 unspecified atom stereocenters. The average Bonchev–Trinajstić information content (AvgIpc) is 3.00. The first kappa shape index (κ1) is 14.5. The third-order valence-corrected chi connectivity index (χ3v) is 5.16. The number of carbonyl (C=O) groups is 1. The van der Waals surface area contributed by atoms with Gasteiger partial charge in [-0.3, -0.25) is 4.79 Å². The molecule has 1 aliphatic carbocycles. The molecule has 0 radical (unpaired) electrons. The van der Waals surface area contributed by atoms with E-state index in [2.05, 4.69) is 20.3 Å². The van der Waals surface area contributed by atoms with Crippen molar-refractivity contribution in [3.63, 3.8) is 0 Å². The molecular weight excluding hydrogens is 290 g/mol. The number of anilines is 1. The van der Waals surface area contributed by atoms with Gasteiger partial charge >= 0.3 is 0 Å². The molecule has 6 nitrogen and oxygen atoms in total. The Morgan fingerprint density at radius 1 is 1.22 bits per heavy atom. The highest BCUT2D eigenvalue weighted by Crippen LogP contribution is 2.27. The fraction of sp³-hybridized carbons (Fsp3) is 0.588. The van der Waals surface area contributed by atoms with E-state index in [-0.39, 0.29) is 5.91 Å². The van der Waals surface area contributed by atoms with E-state index in [9.17, 15) is 4.79 Å². The molecule has 2 aromatic rings. The topological polar surface area (TPSA) is 62.5 Å². The second-order valence-electron chi connectivity index (χ2n) is 6.74. The van der Waals surface area contributed by atoms with Crippen LogP contribution in [0.15, 0.2) is 24.7 Å². The van der Waals surface area contributed by atoms with Gasteiger partial charge in [-0.1, -0.05) is 0 Å². The molecule has 1 aliphatic heterocycles. The second-order valence-corrected chi connectivity index (χ2v) is 6.74. The predicted molar refractivity (Wildman–Crippen MR) is 88.3 cm³/mol. The molecule has 1 amide bonds. The molecule has 0 spiro atoms. The van der Waals surface area contributed by atoms with E-state index in [1.54, 1.807) is 12.4 Å². The van der Waals surface area contributed by atoms with Crippen LogP contribution in [0.1, 0.15) is 38.5 Å². The summed E-state index contributed by atoms with van der Waals surface area (Å²) in [6, 6.07) is 2.45. The Balaban J connectivity index is 1.33. The maximum Gasteiger partial charge on any atom is 0.220 e. The van der Waals surface area contributed by atoms with Crippen LogP contribution in [0.25, 0.3) is 5.52 Å². The van der Waals surface area contributed by atoms with E-state index in [1.165, 1.54) is 6.42 Å². The lowest BCUT2D eigenvalue weighted by molar-refractivity contribution is -0.123. The minimum Gasteiger partial charge on any atom is -0.355 e. The maximum atomic E-state index is 12.1. The number of amides is 1. The van der Waals surface area contributed by atoms with Crippen LogP contribution in [0.5, 0.6) is 0 Å². The summed E-state index contributed by atoms with van der Waals surface area (Å²) in [5, 5.41) is 7.42. The fourth-order valence-corrected chi connectivity index (χ4v) is 3.54. The van der Waals surface area contributed by atoms with Gasteiger partial charge in [0.25, 0.3) is 0 Å². The molecule has 1 saturated carbocycles. The average molecular weight is 313 g/mol. The molecule has 1 N–H and O–H groups in total. The Labute approximate surface area is 135 Å². The molecule has 6 heteroatoms. The smallest absolute Gasteiger partial charge is 0.220 e. The van der Waals surface area contributed by atoms with E-state index in [4.69, 9.17) is 0 Å². The molecule has 4 rings (SSSR count). The van der Waals surface area contributed by atoms with Crippen LogP contribution < -0.4 is 10.2 Å². The summed E-state index contributed by atoms with van der Waals surface area (Å²) >= 11 is 0. The fourth-order valence-electron chi connectivity index (χ4n) is 3.54. The largest absolute Gasteiger partial charge is 0.355 e. The van der Waals surface area contributed by atoms with Gasteiger partial charge in [-0.15, -0.1) is 0 Å². The summed E-state index contributed by atoms with van der Waals surface area (Å²) in [4.78, 5) is 18.9. The molecule has 0 bridgehead atoms. The van der Waals surface area contributed by atoms with Crippen LogP contribution in [-0.4, -0.2) is 39.6 Å². The Hall–Kier alpha value is -2.11. The number of piperidine rings is 1. The number of rotatable bonds is 4. The minimum absolute atomic E-state index is 0.240. The van der Waals surface area contributed by atoms with Crippen molar-refractivity contribution in [3.8, 4) is 0 Å². The lowest BCUT2D eigenvalue weighted by Gasteiger charge is -2.33. The monoisotopic (exact) mass is 313 g/mol. The van der Waals surface area contributed by atoms with E-state index in [0.717, 1.165) is 50.1 Å². The van der Waals surface area contributed by atoms with Crippen LogP contribution in [-0.2, 0) is 4.79 Å². The zero-order valence-electron chi connectivity index (χ0n) is 13.3. The van der Waals surface area contributed by atoms with Crippen molar-refractivity contribution in [2.45, 2.75) is 44.6 Å². The lowest BCUT2D eigenvalue weighted by Crippen LogP contribution is -2.41. The van der Waals surface area contributed by atoms with Crippen molar-refractivity contribution in [2.75, 3.05) is 18.0 Å². The molecule has 3 heterocycles. The van der Waals surface area contributed by atoms with Crippen molar-refractivity contribution >= 4 is 17.2 Å². The van der Waals surface area contributed by atoms with Crippen molar-refractivity contribution in [1.82, 2.24) is 19.9 Å². The number of nitrogens with one attached hydrogen (secondary N) is 1. The highest BCUT2D eigenvalue weighted by Gasteiger charge is 2.25. The van der Waals surface area contributed by atoms with Crippen LogP contribution in [0.2, 0.25) is 0 Å². The van der Waals surface area contributed by atoms with Crippen LogP contribution in [0.3, 0.4) is 0 Å². The summed E-state index contributed by atoms with van der Waals surface area (Å²) in [5.74, 6) is 1.74. The van der Waals surface area contributed by atoms with E-state index in [0.29, 0.717) is 18.4 Å². The number of hydrogen-bond donors (Lipinski definition) is 1. The highest BCUT2D eigenvalue weighted by molar-refractivity contribution is 5.76. The summed E-state index contributed by atoms with van der Waals surface area (Å²) in [6.07, 6.45) is 11.8. The van der Waals surface area contributed by atoms with Crippen molar-refractivity contribution < 1.29 is 4.79 Å². The molecule has 0 atom stereocenters. The first-order valence-corrected chi connectivity index (χ1v) is 8.62. The SMILES string of the molecule is O=C(CC1CCN(c2nccn3nccc23)CC1)NC1CCC1. The highest BCUT2D eigenvalue weighted by atomic mass is 16.1. The standard InChI is InChI=1S/C17H23N5O/c23-16(20-14-2-1-3-14)12-13-5-9-21(10-6-13)17-15-4-7-19-22(15)11-8-18-17/h4,7-8,11,13-14H,1-3,5-6,9-10,12H2,(H,20,23). The number of carbonyl (C=O) groups excluding carboxylic acids is 1. The third-order valence-electron chi connectivity index (χ3n) is 5.16. The number of nitrogens with zero attached hydrogens (tertiary/aromatic N) is 4. The van der Waals surface area contributed by atoms with Gasteiger partial charge in [0.05, 0.1) is 6.20 Å². The molecule has 0 aromatic carbocycles. The molecule has 122 valence electrons. The van der Waals surface area contributed by atoms with Gasteiger partial charge in [-0.25, -0.2) is 9.50 Å². The van der Waals surface area contributed by atoms with Gasteiger partial charge in [-0.2, -0.15) is 5.10 Å². The normalized spacial score (nSPS) is 19.7. The molecule has 2 aliphatic rings. The molecular formula is C17H23N5O. The van der Waals surface area contributed by atoms with E-state index >= 15 is 0 Å². The predicted octanol–water partition coefficient (Wildman–Crippen LogP) is 2.00. The van der Waals surface area contributed by atoms with Gasteiger partial charge in [0, 0.05) is 37.9 Å². The molecule has 2 aromatic heterocycles. The van der Waals surface area contributed by atoms with Crippen molar-refractivity contribution in [2.24, 2.45) is 5.92 Å². The summed E-state index contributed by atoms with van der Waals surface area (Å²) in [7, 11) is 0. The minimum atomic E-state index is 0.240. The zero-order valence-corrected chi connectivity index (χ0v) is 13.3. The summed E-state index contributed by atoms with van der Waals surface area (Å²) < 4.78 is 1.86. The number of hydrogen-bond acceptors (Lipinski definition) is 4. The van der Waals surface area contributed by atoms with Gasteiger partial charge in [0.1, 0.15) is 5.52 Å². The van der Waals surface area contributed by atoms with Gasteiger partial charge in [-0.05, 0) is 44.1 Å². The lowest BCUT2D eigenvalue weighted by atomic mass is 9.90. The first-order valence-electron chi connectivity index (χ1n) is 8.62. The Bertz CT molecular complexity index is 685. The second kappa shape index (κ2) is 6.18. The Morgan fingerprint density at radius 3 is 2.78 bits per heavy atom. The Kier molecular flexibility index (Phi) is 3.89. The zero-order chi connectivity index (χ0) is 15.6. The third kappa shape index (κ3) is 3.02. The van der Waals surface area contributed by atoms with Gasteiger partial charge in [0.2, 0.25) is 5.91 Å².